The number of hydrogen-bond donors (Lipinski definition) is 0. The average Bonchev–Trinajstić information content (AvgIpc) is 2.98. The van der Waals surface area contributed by atoms with Crippen LogP contribution in [0.15, 0.2) is 59.6 Å². The Hall–Kier alpha value is -2.63. The third-order valence-electron chi connectivity index (χ3n) is 5.61. The van der Waals surface area contributed by atoms with Crippen LogP contribution in [0.4, 0.5) is 0 Å². The van der Waals surface area contributed by atoms with Gasteiger partial charge in [0.25, 0.3) is 11.8 Å². The van der Waals surface area contributed by atoms with Crippen molar-refractivity contribution in [3.8, 4) is 5.75 Å². The monoisotopic (exact) mass is 410 g/mol. The summed E-state index contributed by atoms with van der Waals surface area (Å²) >= 11 is 6.34. The Morgan fingerprint density at radius 3 is 2.31 bits per heavy atom. The molecule has 150 valence electrons. The van der Waals surface area contributed by atoms with Crippen molar-refractivity contribution in [2.45, 2.75) is 25.4 Å². The first-order valence-electron chi connectivity index (χ1n) is 9.77. The molecule has 4 rings (SSSR count). The SMILES string of the molecule is COc1ccccc1C1=C(Cl)C(=O)N(C2CCN(Cc3ccccc3)CC2)C1=O. The molecule has 0 saturated carbocycles. The highest BCUT2D eigenvalue weighted by atomic mass is 35.5. The number of nitrogens with zero attached hydrogens (tertiary/aromatic N) is 2. The molecule has 2 aromatic carbocycles. The minimum absolute atomic E-state index is 0.0220. The van der Waals surface area contributed by atoms with Crippen LogP contribution in [0.25, 0.3) is 5.57 Å². The zero-order valence-corrected chi connectivity index (χ0v) is 17.1. The molecule has 1 saturated heterocycles. The van der Waals surface area contributed by atoms with Gasteiger partial charge in [-0.2, -0.15) is 0 Å². The number of ether oxygens (including phenoxy) is 1. The van der Waals surface area contributed by atoms with E-state index in [0.717, 1.165) is 32.5 Å². The van der Waals surface area contributed by atoms with E-state index in [1.54, 1.807) is 18.2 Å². The Kier molecular flexibility index (Phi) is 5.69. The number of methoxy groups -OCH3 is 1. The van der Waals surface area contributed by atoms with E-state index in [1.165, 1.54) is 17.6 Å². The lowest BCUT2D eigenvalue weighted by Crippen LogP contribution is -2.47. The van der Waals surface area contributed by atoms with Gasteiger partial charge in [0.1, 0.15) is 10.8 Å². The lowest BCUT2D eigenvalue weighted by atomic mass is 10.0. The molecule has 0 aliphatic carbocycles. The fourth-order valence-electron chi connectivity index (χ4n) is 4.11. The first-order valence-corrected chi connectivity index (χ1v) is 10.1. The van der Waals surface area contributed by atoms with Crippen molar-refractivity contribution in [2.24, 2.45) is 0 Å². The van der Waals surface area contributed by atoms with Crippen LogP contribution in [0.3, 0.4) is 0 Å². The van der Waals surface area contributed by atoms with Crippen LogP contribution >= 0.6 is 11.6 Å². The predicted molar refractivity (Wildman–Crippen MR) is 112 cm³/mol. The fraction of sp³-hybridized carbons (Fsp3) is 0.304. The molecule has 0 unspecified atom stereocenters. The van der Waals surface area contributed by atoms with E-state index in [-0.39, 0.29) is 22.6 Å². The molecule has 0 radical (unpaired) electrons. The summed E-state index contributed by atoms with van der Waals surface area (Å²) < 4.78 is 5.36. The second-order valence-corrected chi connectivity index (χ2v) is 7.74. The van der Waals surface area contributed by atoms with Crippen LogP contribution in [-0.2, 0) is 16.1 Å². The maximum Gasteiger partial charge on any atom is 0.273 e. The van der Waals surface area contributed by atoms with Crippen LogP contribution < -0.4 is 4.74 Å². The van der Waals surface area contributed by atoms with Gasteiger partial charge in [-0.1, -0.05) is 60.1 Å². The zero-order valence-electron chi connectivity index (χ0n) is 16.3. The number of para-hydroxylation sites is 1. The average molecular weight is 411 g/mol. The van der Waals surface area contributed by atoms with E-state index < -0.39 is 5.91 Å². The number of rotatable bonds is 5. The van der Waals surface area contributed by atoms with Crippen molar-refractivity contribution in [1.82, 2.24) is 9.80 Å². The topological polar surface area (TPSA) is 49.9 Å². The Bertz CT molecular complexity index is 950. The molecular weight excluding hydrogens is 388 g/mol. The Labute approximate surface area is 175 Å². The largest absolute Gasteiger partial charge is 0.496 e. The summed E-state index contributed by atoms with van der Waals surface area (Å²) in [6.07, 6.45) is 1.49. The number of piperidine rings is 1. The van der Waals surface area contributed by atoms with Crippen LogP contribution in [0.2, 0.25) is 0 Å². The van der Waals surface area contributed by atoms with E-state index in [4.69, 9.17) is 16.3 Å². The van der Waals surface area contributed by atoms with E-state index in [9.17, 15) is 9.59 Å². The second kappa shape index (κ2) is 8.39. The number of halogens is 1. The number of likely N-dealkylation sites (tertiary alicyclic amines) is 1. The Morgan fingerprint density at radius 2 is 1.62 bits per heavy atom. The van der Waals surface area contributed by atoms with Gasteiger partial charge in [0.15, 0.2) is 0 Å². The molecule has 1 fully saturated rings. The highest BCUT2D eigenvalue weighted by Gasteiger charge is 2.43. The molecule has 0 bridgehead atoms. The highest BCUT2D eigenvalue weighted by molar-refractivity contribution is 6.55. The van der Waals surface area contributed by atoms with Gasteiger partial charge < -0.3 is 4.74 Å². The molecule has 2 aliphatic heterocycles. The predicted octanol–water partition coefficient (Wildman–Crippen LogP) is 3.68. The summed E-state index contributed by atoms with van der Waals surface area (Å²) in [7, 11) is 1.54. The summed E-state index contributed by atoms with van der Waals surface area (Å²) in [5, 5.41) is -0.0220. The molecule has 29 heavy (non-hydrogen) atoms. The van der Waals surface area contributed by atoms with Gasteiger partial charge in [0, 0.05) is 31.2 Å². The first kappa shape index (κ1) is 19.7. The Balaban J connectivity index is 1.47. The van der Waals surface area contributed by atoms with E-state index in [1.807, 2.05) is 24.3 Å². The van der Waals surface area contributed by atoms with Crippen molar-refractivity contribution >= 4 is 29.0 Å². The van der Waals surface area contributed by atoms with Crippen LogP contribution in [0.1, 0.15) is 24.0 Å². The fourth-order valence-corrected chi connectivity index (χ4v) is 4.39. The van der Waals surface area contributed by atoms with Crippen LogP contribution in [-0.4, -0.2) is 47.9 Å². The number of imide groups is 1. The molecule has 6 heteroatoms. The molecule has 2 aliphatic rings. The molecule has 0 atom stereocenters. The standard InChI is InChI=1S/C23H23ClN2O3/c1-29-19-10-6-5-9-18(19)20-21(24)23(28)26(22(20)27)17-11-13-25(14-12-17)15-16-7-3-2-4-8-16/h2-10,17H,11-15H2,1H3. The van der Waals surface area contributed by atoms with Crippen molar-refractivity contribution in [3.63, 3.8) is 0 Å². The molecule has 2 heterocycles. The summed E-state index contributed by atoms with van der Waals surface area (Å²) in [6.45, 7) is 2.54. The normalized spacial score (nSPS) is 18.6. The number of carbonyl (C=O) groups is 2. The van der Waals surface area contributed by atoms with Gasteiger partial charge in [-0.05, 0) is 24.5 Å². The number of carbonyl (C=O) groups excluding carboxylic acids is 2. The van der Waals surface area contributed by atoms with Gasteiger partial charge >= 0.3 is 0 Å². The summed E-state index contributed by atoms with van der Waals surface area (Å²) in [6, 6.07) is 17.3. The Morgan fingerprint density at radius 1 is 0.966 bits per heavy atom. The molecule has 5 nitrogen and oxygen atoms in total. The quantitative estimate of drug-likeness (QED) is 0.705. The van der Waals surface area contributed by atoms with Crippen molar-refractivity contribution in [2.75, 3.05) is 20.2 Å². The van der Waals surface area contributed by atoms with Gasteiger partial charge in [-0.3, -0.25) is 19.4 Å². The van der Waals surface area contributed by atoms with Crippen LogP contribution in [0.5, 0.6) is 5.75 Å². The summed E-state index contributed by atoms with van der Waals surface area (Å²) in [5.74, 6) is -0.202. The highest BCUT2D eigenvalue weighted by Crippen LogP contribution is 2.38. The lowest BCUT2D eigenvalue weighted by Gasteiger charge is -2.36. The molecule has 0 N–H and O–H groups in total. The molecule has 2 aromatic rings. The lowest BCUT2D eigenvalue weighted by molar-refractivity contribution is -0.140. The number of benzene rings is 2. The van der Waals surface area contributed by atoms with Crippen molar-refractivity contribution in [1.29, 1.82) is 0 Å². The van der Waals surface area contributed by atoms with Gasteiger partial charge in [-0.15, -0.1) is 0 Å². The molecule has 0 spiro atoms. The maximum atomic E-state index is 13.2. The van der Waals surface area contributed by atoms with Gasteiger partial charge in [-0.25, -0.2) is 0 Å². The van der Waals surface area contributed by atoms with Crippen molar-refractivity contribution < 1.29 is 14.3 Å². The van der Waals surface area contributed by atoms with E-state index in [2.05, 4.69) is 17.0 Å². The summed E-state index contributed by atoms with van der Waals surface area (Å²) in [4.78, 5) is 29.7. The minimum atomic E-state index is -0.404. The first-order chi connectivity index (χ1) is 14.1. The van der Waals surface area contributed by atoms with E-state index >= 15 is 0 Å². The molecule has 2 amide bonds. The molecular formula is C23H23ClN2O3. The van der Waals surface area contributed by atoms with Crippen molar-refractivity contribution in [3.05, 3.63) is 70.8 Å². The maximum absolute atomic E-state index is 13.2. The molecule has 0 aromatic heterocycles. The van der Waals surface area contributed by atoms with Gasteiger partial charge in [0.2, 0.25) is 0 Å². The number of hydrogen-bond acceptors (Lipinski definition) is 4. The van der Waals surface area contributed by atoms with E-state index in [0.29, 0.717) is 11.3 Å². The van der Waals surface area contributed by atoms with Crippen LogP contribution in [0, 0.1) is 0 Å². The third kappa shape index (κ3) is 3.80. The second-order valence-electron chi connectivity index (χ2n) is 7.36. The smallest absolute Gasteiger partial charge is 0.273 e. The minimum Gasteiger partial charge on any atom is -0.496 e. The number of amides is 2. The summed E-state index contributed by atoms with van der Waals surface area (Å²) in [5.41, 5.74) is 2.06. The third-order valence-corrected chi connectivity index (χ3v) is 5.96. The van der Waals surface area contributed by atoms with Gasteiger partial charge in [0.05, 0.1) is 12.7 Å². The zero-order chi connectivity index (χ0) is 20.4.